The standard InChI is InChI=1S/C6H11N3O3S/c7-3-6(13(8,10)11)5-4-12-2-1-9-5/h3H,1-2,4,7H2,(H2,8,10,11)/b6-3+. The Hall–Kier alpha value is -0.920. The number of primary sulfonamides is 1. The molecular weight excluding hydrogens is 194 g/mol. The van der Waals surface area contributed by atoms with Crippen molar-refractivity contribution in [3.63, 3.8) is 0 Å². The van der Waals surface area contributed by atoms with Crippen molar-refractivity contribution >= 4 is 15.7 Å². The minimum absolute atomic E-state index is 0.138. The Morgan fingerprint density at radius 3 is 2.69 bits per heavy atom. The molecule has 1 rings (SSSR count). The molecule has 0 aromatic heterocycles. The van der Waals surface area contributed by atoms with Crippen LogP contribution in [-0.4, -0.2) is 33.9 Å². The van der Waals surface area contributed by atoms with Crippen LogP contribution in [0.25, 0.3) is 0 Å². The smallest absolute Gasteiger partial charge is 0.241 e. The van der Waals surface area contributed by atoms with Crippen molar-refractivity contribution in [3.8, 4) is 0 Å². The van der Waals surface area contributed by atoms with Gasteiger partial charge in [0.1, 0.15) is 4.91 Å². The first kappa shape index (κ1) is 10.2. The molecule has 0 amide bonds. The summed E-state index contributed by atoms with van der Waals surface area (Å²) < 4.78 is 26.9. The number of sulfonamides is 1. The van der Waals surface area contributed by atoms with Gasteiger partial charge >= 0.3 is 0 Å². The molecule has 0 spiro atoms. The van der Waals surface area contributed by atoms with Crippen molar-refractivity contribution in [2.24, 2.45) is 15.9 Å². The number of rotatable bonds is 2. The van der Waals surface area contributed by atoms with Crippen LogP contribution >= 0.6 is 0 Å². The van der Waals surface area contributed by atoms with Gasteiger partial charge in [-0.2, -0.15) is 0 Å². The zero-order chi connectivity index (χ0) is 9.90. The van der Waals surface area contributed by atoms with Crippen LogP contribution in [0.5, 0.6) is 0 Å². The molecule has 0 unspecified atom stereocenters. The highest BCUT2D eigenvalue weighted by atomic mass is 32.2. The molecule has 0 aliphatic carbocycles. The van der Waals surface area contributed by atoms with E-state index in [0.29, 0.717) is 13.2 Å². The fourth-order valence-corrected chi connectivity index (χ4v) is 1.61. The lowest BCUT2D eigenvalue weighted by atomic mass is 10.3. The highest BCUT2D eigenvalue weighted by molar-refractivity contribution is 7.94. The SMILES string of the molecule is N/C=C(\C1=NCCOC1)S(N)(=O)=O. The van der Waals surface area contributed by atoms with E-state index in [1.54, 1.807) is 0 Å². The molecule has 1 aliphatic rings. The van der Waals surface area contributed by atoms with Crippen LogP contribution in [0.3, 0.4) is 0 Å². The van der Waals surface area contributed by atoms with E-state index in [-0.39, 0.29) is 17.2 Å². The van der Waals surface area contributed by atoms with Crippen LogP contribution in [0.2, 0.25) is 0 Å². The third-order valence-electron chi connectivity index (χ3n) is 1.52. The maximum Gasteiger partial charge on any atom is 0.241 e. The van der Waals surface area contributed by atoms with Gasteiger partial charge in [-0.1, -0.05) is 0 Å². The Kier molecular flexibility index (Phi) is 3.02. The second kappa shape index (κ2) is 3.86. The van der Waals surface area contributed by atoms with Crippen molar-refractivity contribution < 1.29 is 13.2 Å². The molecule has 6 nitrogen and oxygen atoms in total. The molecule has 0 bridgehead atoms. The third kappa shape index (κ3) is 2.51. The van der Waals surface area contributed by atoms with E-state index in [1.165, 1.54) is 0 Å². The van der Waals surface area contributed by atoms with E-state index in [1.807, 2.05) is 0 Å². The molecule has 1 heterocycles. The number of nitrogens with two attached hydrogens (primary N) is 2. The summed E-state index contributed by atoms with van der Waals surface area (Å²) in [6.07, 6.45) is 0.933. The third-order valence-corrected chi connectivity index (χ3v) is 2.50. The molecular formula is C6H11N3O3S. The minimum atomic E-state index is -3.79. The van der Waals surface area contributed by atoms with E-state index in [0.717, 1.165) is 6.20 Å². The maximum absolute atomic E-state index is 11.0. The van der Waals surface area contributed by atoms with E-state index >= 15 is 0 Å². The molecule has 0 aromatic carbocycles. The first-order valence-electron chi connectivity index (χ1n) is 3.62. The summed E-state index contributed by atoms with van der Waals surface area (Å²) in [6, 6.07) is 0. The summed E-state index contributed by atoms with van der Waals surface area (Å²) in [7, 11) is -3.79. The predicted octanol–water partition coefficient (Wildman–Crippen LogP) is -1.45. The number of hydrogen-bond donors (Lipinski definition) is 2. The van der Waals surface area contributed by atoms with Crippen molar-refractivity contribution in [1.82, 2.24) is 0 Å². The average molecular weight is 205 g/mol. The van der Waals surface area contributed by atoms with Crippen molar-refractivity contribution in [3.05, 3.63) is 11.1 Å². The summed E-state index contributed by atoms with van der Waals surface area (Å²) in [6.45, 7) is 1.06. The van der Waals surface area contributed by atoms with E-state index in [2.05, 4.69) is 4.99 Å². The molecule has 0 atom stereocenters. The van der Waals surface area contributed by atoms with Gasteiger partial charge in [0.15, 0.2) is 0 Å². The average Bonchev–Trinajstić information content (AvgIpc) is 2.05. The summed E-state index contributed by atoms with van der Waals surface area (Å²) >= 11 is 0. The van der Waals surface area contributed by atoms with Crippen molar-refractivity contribution in [1.29, 1.82) is 0 Å². The number of aliphatic imine (C=N–C) groups is 1. The molecule has 0 saturated heterocycles. The van der Waals surface area contributed by atoms with E-state index in [4.69, 9.17) is 15.6 Å². The van der Waals surface area contributed by atoms with Gasteiger partial charge < -0.3 is 10.5 Å². The molecule has 0 saturated carbocycles. The van der Waals surface area contributed by atoms with Gasteiger partial charge in [-0.15, -0.1) is 0 Å². The van der Waals surface area contributed by atoms with E-state index < -0.39 is 10.0 Å². The van der Waals surface area contributed by atoms with E-state index in [9.17, 15) is 8.42 Å². The predicted molar refractivity (Wildman–Crippen MR) is 48.5 cm³/mol. The second-order valence-corrected chi connectivity index (χ2v) is 3.99. The van der Waals surface area contributed by atoms with Gasteiger partial charge in [0.05, 0.1) is 25.5 Å². The Labute approximate surface area is 76.3 Å². The molecule has 1 aliphatic heterocycles. The van der Waals surface area contributed by atoms with Gasteiger partial charge in [-0.3, -0.25) is 4.99 Å². The Balaban J connectivity index is 2.98. The quantitative estimate of drug-likeness (QED) is 0.574. The van der Waals surface area contributed by atoms with Crippen LogP contribution in [0, 0.1) is 0 Å². The fraction of sp³-hybridized carbons (Fsp3) is 0.500. The fourth-order valence-electron chi connectivity index (χ4n) is 0.964. The zero-order valence-corrected chi connectivity index (χ0v) is 7.75. The van der Waals surface area contributed by atoms with Crippen molar-refractivity contribution in [2.45, 2.75) is 0 Å². The lowest BCUT2D eigenvalue weighted by molar-refractivity contribution is 0.171. The molecule has 74 valence electrons. The van der Waals surface area contributed by atoms with Gasteiger partial charge in [-0.05, 0) is 0 Å². The number of ether oxygens (including phenoxy) is 1. The maximum atomic E-state index is 11.0. The van der Waals surface area contributed by atoms with Crippen molar-refractivity contribution in [2.75, 3.05) is 19.8 Å². The lowest BCUT2D eigenvalue weighted by Gasteiger charge is -2.13. The first-order chi connectivity index (χ1) is 6.05. The highest BCUT2D eigenvalue weighted by Gasteiger charge is 2.19. The summed E-state index contributed by atoms with van der Waals surface area (Å²) in [4.78, 5) is 3.79. The van der Waals surface area contributed by atoms with Gasteiger partial charge in [0, 0.05) is 6.20 Å². The molecule has 13 heavy (non-hydrogen) atoms. The van der Waals surface area contributed by atoms with Crippen LogP contribution in [0.15, 0.2) is 16.1 Å². The van der Waals surface area contributed by atoms with Crippen LogP contribution < -0.4 is 10.9 Å². The van der Waals surface area contributed by atoms with Gasteiger partial charge in [0.25, 0.3) is 0 Å². The largest absolute Gasteiger partial charge is 0.403 e. The molecule has 0 radical (unpaired) electrons. The second-order valence-electron chi connectivity index (χ2n) is 2.46. The van der Waals surface area contributed by atoms with Gasteiger partial charge in [-0.25, -0.2) is 13.6 Å². The molecule has 4 N–H and O–H groups in total. The Morgan fingerprint density at radius 2 is 2.31 bits per heavy atom. The summed E-state index contributed by atoms with van der Waals surface area (Å²) in [5, 5.41) is 4.91. The van der Waals surface area contributed by atoms with Crippen LogP contribution in [0.4, 0.5) is 0 Å². The number of hydrogen-bond acceptors (Lipinski definition) is 5. The molecule has 0 fully saturated rings. The monoisotopic (exact) mass is 205 g/mol. The van der Waals surface area contributed by atoms with Crippen LogP contribution in [0.1, 0.15) is 0 Å². The molecule has 7 heteroatoms. The Morgan fingerprint density at radius 1 is 1.62 bits per heavy atom. The molecule has 0 aromatic rings. The topological polar surface area (TPSA) is 108 Å². The summed E-state index contributed by atoms with van der Waals surface area (Å²) in [5.74, 6) is 0. The van der Waals surface area contributed by atoms with Gasteiger partial charge in [0.2, 0.25) is 10.0 Å². The zero-order valence-electron chi connectivity index (χ0n) is 6.93. The normalized spacial score (nSPS) is 19.8. The summed E-state index contributed by atoms with van der Waals surface area (Å²) in [5.41, 5.74) is 5.42. The van der Waals surface area contributed by atoms with Crippen LogP contribution in [-0.2, 0) is 14.8 Å². The highest BCUT2D eigenvalue weighted by Crippen LogP contribution is 2.06. The number of nitrogens with zero attached hydrogens (tertiary/aromatic N) is 1. The lowest BCUT2D eigenvalue weighted by Crippen LogP contribution is -2.28. The minimum Gasteiger partial charge on any atom is -0.403 e. The Bertz CT molecular complexity index is 344. The first-order valence-corrected chi connectivity index (χ1v) is 5.16.